The number of nitrogens with two attached hydrogens (primary N) is 1. The third kappa shape index (κ3) is 5.67. The van der Waals surface area contributed by atoms with Crippen molar-refractivity contribution in [2.75, 3.05) is 11.9 Å². The summed E-state index contributed by atoms with van der Waals surface area (Å²) < 4.78 is 0. The SMILES string of the molecule is NC1CCC(Cc2ncc(Cl)c(-c3cccc(NCC4CCCCC4)n3)n2)CC1. The maximum absolute atomic E-state index is 6.44. The lowest BCUT2D eigenvalue weighted by Crippen LogP contribution is -2.27. The molecule has 2 aromatic heterocycles. The summed E-state index contributed by atoms with van der Waals surface area (Å²) in [7, 11) is 0. The Bertz CT molecular complexity index is 798. The van der Waals surface area contributed by atoms with Gasteiger partial charge in [0.15, 0.2) is 0 Å². The highest BCUT2D eigenvalue weighted by Gasteiger charge is 2.21. The maximum Gasteiger partial charge on any atom is 0.129 e. The van der Waals surface area contributed by atoms with Crippen LogP contribution in [0.3, 0.4) is 0 Å². The van der Waals surface area contributed by atoms with E-state index in [1.54, 1.807) is 6.20 Å². The molecule has 0 radical (unpaired) electrons. The van der Waals surface area contributed by atoms with E-state index in [4.69, 9.17) is 27.3 Å². The molecule has 29 heavy (non-hydrogen) atoms. The molecule has 0 amide bonds. The zero-order chi connectivity index (χ0) is 20.1. The van der Waals surface area contributed by atoms with Crippen LogP contribution in [0.1, 0.15) is 63.6 Å². The van der Waals surface area contributed by atoms with Gasteiger partial charge in [-0.3, -0.25) is 0 Å². The van der Waals surface area contributed by atoms with Gasteiger partial charge in [0.1, 0.15) is 17.3 Å². The normalized spacial score (nSPS) is 23.1. The van der Waals surface area contributed by atoms with Gasteiger partial charge < -0.3 is 11.1 Å². The topological polar surface area (TPSA) is 76.7 Å². The number of hydrogen-bond acceptors (Lipinski definition) is 5. The smallest absolute Gasteiger partial charge is 0.129 e. The number of halogens is 1. The van der Waals surface area contributed by atoms with Gasteiger partial charge in [-0.15, -0.1) is 0 Å². The molecule has 0 unspecified atom stereocenters. The first-order valence-electron chi connectivity index (χ1n) is 11.2. The van der Waals surface area contributed by atoms with E-state index in [1.807, 2.05) is 18.2 Å². The third-order valence-electron chi connectivity index (χ3n) is 6.44. The van der Waals surface area contributed by atoms with E-state index in [9.17, 15) is 0 Å². The minimum atomic E-state index is 0.362. The average Bonchev–Trinajstić information content (AvgIpc) is 2.76. The first-order valence-corrected chi connectivity index (χ1v) is 11.5. The van der Waals surface area contributed by atoms with Crippen LogP contribution in [0.15, 0.2) is 24.4 Å². The number of pyridine rings is 1. The van der Waals surface area contributed by atoms with Crippen molar-refractivity contribution in [3.05, 3.63) is 35.2 Å². The molecule has 156 valence electrons. The summed E-state index contributed by atoms with van der Waals surface area (Å²) in [5.74, 6) is 3.12. The minimum absolute atomic E-state index is 0.362. The lowest BCUT2D eigenvalue weighted by molar-refractivity contribution is 0.321. The van der Waals surface area contributed by atoms with E-state index >= 15 is 0 Å². The molecule has 4 rings (SSSR count). The van der Waals surface area contributed by atoms with E-state index in [2.05, 4.69) is 10.3 Å². The Morgan fingerprint density at radius 3 is 2.55 bits per heavy atom. The molecule has 0 aromatic carbocycles. The molecule has 2 saturated carbocycles. The molecule has 2 fully saturated rings. The Morgan fingerprint density at radius 2 is 1.76 bits per heavy atom. The number of hydrogen-bond donors (Lipinski definition) is 2. The van der Waals surface area contributed by atoms with Crippen LogP contribution in [-0.2, 0) is 6.42 Å². The summed E-state index contributed by atoms with van der Waals surface area (Å²) in [6.07, 6.45) is 13.8. The summed E-state index contributed by atoms with van der Waals surface area (Å²) in [6.45, 7) is 0.989. The predicted octanol–water partition coefficient (Wildman–Crippen LogP) is 5.24. The van der Waals surface area contributed by atoms with Gasteiger partial charge in [-0.25, -0.2) is 15.0 Å². The predicted molar refractivity (Wildman–Crippen MR) is 119 cm³/mol. The molecule has 2 aliphatic rings. The molecule has 0 spiro atoms. The lowest BCUT2D eigenvalue weighted by Gasteiger charge is -2.25. The van der Waals surface area contributed by atoms with Gasteiger partial charge in [0.25, 0.3) is 0 Å². The first kappa shape index (κ1) is 20.5. The van der Waals surface area contributed by atoms with Crippen LogP contribution in [-0.4, -0.2) is 27.5 Å². The van der Waals surface area contributed by atoms with Crippen LogP contribution in [0.2, 0.25) is 5.02 Å². The highest BCUT2D eigenvalue weighted by atomic mass is 35.5. The van der Waals surface area contributed by atoms with Gasteiger partial charge in [-0.1, -0.05) is 36.9 Å². The van der Waals surface area contributed by atoms with Crippen molar-refractivity contribution in [1.82, 2.24) is 15.0 Å². The van der Waals surface area contributed by atoms with Gasteiger partial charge in [-0.05, 0) is 62.5 Å². The molecular formula is C23H32ClN5. The number of rotatable bonds is 6. The Kier molecular flexibility index (Phi) is 6.98. The van der Waals surface area contributed by atoms with Crippen LogP contribution in [0.25, 0.3) is 11.4 Å². The zero-order valence-corrected chi connectivity index (χ0v) is 17.9. The third-order valence-corrected chi connectivity index (χ3v) is 6.72. The fraction of sp³-hybridized carbons (Fsp3) is 0.609. The summed E-state index contributed by atoms with van der Waals surface area (Å²) in [5.41, 5.74) is 7.56. The highest BCUT2D eigenvalue weighted by molar-refractivity contribution is 6.32. The van der Waals surface area contributed by atoms with Crippen molar-refractivity contribution >= 4 is 17.4 Å². The number of aromatic nitrogens is 3. The van der Waals surface area contributed by atoms with Crippen molar-refractivity contribution in [2.45, 2.75) is 70.3 Å². The lowest BCUT2D eigenvalue weighted by atomic mass is 9.84. The molecule has 0 bridgehead atoms. The second kappa shape index (κ2) is 9.86. The van der Waals surface area contributed by atoms with E-state index in [1.165, 1.54) is 32.1 Å². The largest absolute Gasteiger partial charge is 0.370 e. The maximum atomic E-state index is 6.44. The van der Waals surface area contributed by atoms with E-state index in [0.29, 0.717) is 17.0 Å². The van der Waals surface area contributed by atoms with Gasteiger partial charge in [0, 0.05) is 25.2 Å². The molecule has 2 aromatic rings. The Labute approximate surface area is 178 Å². The number of nitrogens with one attached hydrogen (secondary N) is 1. The van der Waals surface area contributed by atoms with Crippen molar-refractivity contribution in [3.63, 3.8) is 0 Å². The average molecular weight is 414 g/mol. The van der Waals surface area contributed by atoms with Gasteiger partial charge >= 0.3 is 0 Å². The standard InChI is InChI=1S/C23H32ClN5/c24-19-15-27-22(13-16-9-11-18(25)12-10-16)29-23(19)20-7-4-8-21(28-20)26-14-17-5-2-1-3-6-17/h4,7-8,15-18H,1-3,5-6,9-14,25H2,(H,26,28). The van der Waals surface area contributed by atoms with Gasteiger partial charge in [0.05, 0.1) is 10.7 Å². The summed E-state index contributed by atoms with van der Waals surface area (Å²) in [5, 5.41) is 4.07. The molecule has 0 atom stereocenters. The Balaban J connectivity index is 1.44. The van der Waals surface area contributed by atoms with Crippen LogP contribution in [0.4, 0.5) is 5.82 Å². The monoisotopic (exact) mass is 413 g/mol. The van der Waals surface area contributed by atoms with Crippen molar-refractivity contribution < 1.29 is 0 Å². The number of nitrogens with zero attached hydrogens (tertiary/aromatic N) is 3. The second-order valence-electron chi connectivity index (χ2n) is 8.76. The summed E-state index contributed by atoms with van der Waals surface area (Å²) in [6, 6.07) is 6.38. The van der Waals surface area contributed by atoms with E-state index in [-0.39, 0.29) is 0 Å². The van der Waals surface area contributed by atoms with E-state index in [0.717, 1.165) is 67.6 Å². The second-order valence-corrected chi connectivity index (χ2v) is 9.17. The highest BCUT2D eigenvalue weighted by Crippen LogP contribution is 2.29. The molecular weight excluding hydrogens is 382 g/mol. The van der Waals surface area contributed by atoms with Crippen molar-refractivity contribution in [2.24, 2.45) is 17.6 Å². The summed E-state index contributed by atoms with van der Waals surface area (Å²) >= 11 is 6.44. The van der Waals surface area contributed by atoms with Crippen molar-refractivity contribution in [3.8, 4) is 11.4 Å². The molecule has 3 N–H and O–H groups in total. The minimum Gasteiger partial charge on any atom is -0.370 e. The molecule has 0 saturated heterocycles. The van der Waals surface area contributed by atoms with Crippen molar-refractivity contribution in [1.29, 1.82) is 0 Å². The fourth-order valence-electron chi connectivity index (χ4n) is 4.64. The quantitative estimate of drug-likeness (QED) is 0.676. The van der Waals surface area contributed by atoms with E-state index < -0.39 is 0 Å². The van der Waals surface area contributed by atoms with Crippen LogP contribution in [0, 0.1) is 11.8 Å². The molecule has 5 nitrogen and oxygen atoms in total. The number of anilines is 1. The molecule has 6 heteroatoms. The van der Waals surface area contributed by atoms with Gasteiger partial charge in [0.2, 0.25) is 0 Å². The molecule has 2 aliphatic carbocycles. The van der Waals surface area contributed by atoms with Crippen LogP contribution < -0.4 is 11.1 Å². The molecule has 2 heterocycles. The Morgan fingerprint density at radius 1 is 0.966 bits per heavy atom. The summed E-state index contributed by atoms with van der Waals surface area (Å²) in [4.78, 5) is 14.0. The fourth-order valence-corrected chi connectivity index (χ4v) is 4.83. The zero-order valence-electron chi connectivity index (χ0n) is 17.1. The first-order chi connectivity index (χ1) is 14.2. The molecule has 0 aliphatic heterocycles. The Hall–Kier alpha value is -1.72. The van der Waals surface area contributed by atoms with Crippen LogP contribution >= 0.6 is 11.6 Å². The van der Waals surface area contributed by atoms with Crippen LogP contribution in [0.5, 0.6) is 0 Å². The van der Waals surface area contributed by atoms with Gasteiger partial charge in [-0.2, -0.15) is 0 Å².